The minimum atomic E-state index is -0.308. The molecule has 4 heteroatoms. The van der Waals surface area contributed by atoms with E-state index in [9.17, 15) is 5.11 Å². The van der Waals surface area contributed by atoms with Gasteiger partial charge in [0.15, 0.2) is 0 Å². The smallest absolute Gasteiger partial charge is 0.137 e. The zero-order chi connectivity index (χ0) is 13.9. The summed E-state index contributed by atoms with van der Waals surface area (Å²) >= 11 is 0. The number of pyridine rings is 1. The number of aromatic nitrogens is 2. The van der Waals surface area contributed by atoms with Crippen molar-refractivity contribution in [2.75, 3.05) is 6.54 Å². The highest BCUT2D eigenvalue weighted by molar-refractivity contribution is 5.39. The van der Waals surface area contributed by atoms with Gasteiger partial charge in [-0.1, -0.05) is 26.8 Å². The van der Waals surface area contributed by atoms with Crippen LogP contribution in [0.25, 0.3) is 5.65 Å². The number of imidazole rings is 1. The predicted octanol–water partition coefficient (Wildman–Crippen LogP) is 2.22. The highest BCUT2D eigenvalue weighted by Gasteiger charge is 2.16. The van der Waals surface area contributed by atoms with Crippen molar-refractivity contribution in [1.82, 2.24) is 14.7 Å². The van der Waals surface area contributed by atoms with Gasteiger partial charge in [0.25, 0.3) is 0 Å². The first kappa shape index (κ1) is 14.0. The van der Waals surface area contributed by atoms with E-state index in [0.29, 0.717) is 13.1 Å². The summed E-state index contributed by atoms with van der Waals surface area (Å²) in [7, 11) is 0. The average molecular weight is 261 g/mol. The molecule has 2 aromatic rings. The number of rotatable bonds is 5. The summed E-state index contributed by atoms with van der Waals surface area (Å²) in [4.78, 5) is 4.50. The molecule has 0 aliphatic heterocycles. The van der Waals surface area contributed by atoms with Crippen LogP contribution in [0.5, 0.6) is 0 Å². The monoisotopic (exact) mass is 261 g/mol. The zero-order valence-corrected chi connectivity index (χ0v) is 11.9. The molecule has 0 saturated carbocycles. The molecule has 1 atom stereocenters. The molecule has 0 spiro atoms. The van der Waals surface area contributed by atoms with Gasteiger partial charge in [0.1, 0.15) is 5.65 Å². The maximum absolute atomic E-state index is 9.91. The van der Waals surface area contributed by atoms with E-state index in [1.54, 1.807) is 0 Å². The molecule has 0 amide bonds. The number of aliphatic hydroxyl groups is 1. The lowest BCUT2D eigenvalue weighted by molar-refractivity contribution is 0.119. The fourth-order valence-corrected chi connectivity index (χ4v) is 2.22. The standard InChI is InChI=1S/C15H23N3O/c1-15(2,3)8-13(19)10-16-9-12-11-18-7-5-4-6-14(18)17-12/h4-7,11,13,16,19H,8-10H2,1-3H3/t13-/m1/s1. The molecule has 0 unspecified atom stereocenters. The number of aliphatic hydroxyl groups excluding tert-OH is 1. The normalized spacial score (nSPS) is 13.9. The Morgan fingerprint density at radius 3 is 2.84 bits per heavy atom. The van der Waals surface area contributed by atoms with Crippen LogP contribution in [0.4, 0.5) is 0 Å². The molecule has 4 nitrogen and oxygen atoms in total. The lowest BCUT2D eigenvalue weighted by Crippen LogP contribution is -2.29. The van der Waals surface area contributed by atoms with Gasteiger partial charge in [-0.15, -0.1) is 0 Å². The van der Waals surface area contributed by atoms with Gasteiger partial charge in [0.05, 0.1) is 11.8 Å². The van der Waals surface area contributed by atoms with E-state index < -0.39 is 0 Å². The first-order valence-electron chi connectivity index (χ1n) is 6.75. The van der Waals surface area contributed by atoms with Crippen molar-refractivity contribution in [3.05, 3.63) is 36.3 Å². The van der Waals surface area contributed by atoms with Gasteiger partial charge in [-0.3, -0.25) is 0 Å². The number of hydrogen-bond donors (Lipinski definition) is 2. The Balaban J connectivity index is 1.82. The molecule has 0 bridgehead atoms. The molecule has 2 heterocycles. The average Bonchev–Trinajstić information content (AvgIpc) is 2.68. The second-order valence-corrected chi connectivity index (χ2v) is 6.25. The van der Waals surface area contributed by atoms with Crippen molar-refractivity contribution in [2.45, 2.75) is 39.8 Å². The largest absolute Gasteiger partial charge is 0.392 e. The van der Waals surface area contributed by atoms with Crippen LogP contribution in [0.3, 0.4) is 0 Å². The van der Waals surface area contributed by atoms with E-state index in [2.05, 4.69) is 31.1 Å². The van der Waals surface area contributed by atoms with Gasteiger partial charge >= 0.3 is 0 Å². The second-order valence-electron chi connectivity index (χ2n) is 6.25. The molecule has 0 radical (unpaired) electrons. The molecule has 19 heavy (non-hydrogen) atoms. The van der Waals surface area contributed by atoms with Crippen molar-refractivity contribution in [2.24, 2.45) is 5.41 Å². The van der Waals surface area contributed by atoms with Gasteiger partial charge in [-0.25, -0.2) is 4.98 Å². The second kappa shape index (κ2) is 5.72. The van der Waals surface area contributed by atoms with E-state index in [1.165, 1.54) is 0 Å². The Bertz CT molecular complexity index is 494. The van der Waals surface area contributed by atoms with Crippen LogP contribution in [0, 0.1) is 5.41 Å². The molecular weight excluding hydrogens is 238 g/mol. The summed E-state index contributed by atoms with van der Waals surface area (Å²) in [6.07, 6.45) is 4.49. The summed E-state index contributed by atoms with van der Waals surface area (Å²) < 4.78 is 2.00. The van der Waals surface area contributed by atoms with Crippen molar-refractivity contribution in [3.63, 3.8) is 0 Å². The Labute approximate surface area is 114 Å². The van der Waals surface area contributed by atoms with Crippen molar-refractivity contribution < 1.29 is 5.11 Å². The fraction of sp³-hybridized carbons (Fsp3) is 0.533. The summed E-state index contributed by atoms with van der Waals surface area (Å²) in [5.41, 5.74) is 2.10. The Morgan fingerprint density at radius 2 is 2.16 bits per heavy atom. The molecular formula is C15H23N3O. The lowest BCUT2D eigenvalue weighted by Gasteiger charge is -2.22. The maximum atomic E-state index is 9.91. The van der Waals surface area contributed by atoms with E-state index in [0.717, 1.165) is 17.8 Å². The van der Waals surface area contributed by atoms with Crippen molar-refractivity contribution in [1.29, 1.82) is 0 Å². The summed E-state index contributed by atoms with van der Waals surface area (Å²) in [6.45, 7) is 7.70. The molecule has 0 saturated heterocycles. The minimum Gasteiger partial charge on any atom is -0.392 e. The van der Waals surface area contributed by atoms with Crippen LogP contribution in [-0.4, -0.2) is 27.1 Å². The Kier molecular flexibility index (Phi) is 4.22. The van der Waals surface area contributed by atoms with E-state index in [4.69, 9.17) is 0 Å². The molecule has 0 aromatic carbocycles. The highest BCUT2D eigenvalue weighted by Crippen LogP contribution is 2.20. The molecule has 2 rings (SSSR count). The topological polar surface area (TPSA) is 49.6 Å². The van der Waals surface area contributed by atoms with Crippen LogP contribution in [0.2, 0.25) is 0 Å². The Morgan fingerprint density at radius 1 is 1.37 bits per heavy atom. The summed E-state index contributed by atoms with van der Waals surface area (Å²) in [6, 6.07) is 5.95. The molecule has 0 aliphatic rings. The molecule has 2 aromatic heterocycles. The van der Waals surface area contributed by atoms with E-state index in [1.807, 2.05) is 35.0 Å². The van der Waals surface area contributed by atoms with Crippen LogP contribution in [-0.2, 0) is 6.54 Å². The number of hydrogen-bond acceptors (Lipinski definition) is 3. The fourth-order valence-electron chi connectivity index (χ4n) is 2.22. The number of fused-ring (bicyclic) bond motifs is 1. The third-order valence-corrected chi connectivity index (χ3v) is 2.95. The van der Waals surface area contributed by atoms with Crippen LogP contribution < -0.4 is 5.32 Å². The van der Waals surface area contributed by atoms with Crippen LogP contribution in [0.15, 0.2) is 30.6 Å². The lowest BCUT2D eigenvalue weighted by atomic mass is 9.89. The Hall–Kier alpha value is -1.39. The van der Waals surface area contributed by atoms with Crippen LogP contribution in [0.1, 0.15) is 32.9 Å². The third-order valence-electron chi connectivity index (χ3n) is 2.95. The zero-order valence-electron chi connectivity index (χ0n) is 11.9. The molecule has 0 fully saturated rings. The van der Waals surface area contributed by atoms with Crippen LogP contribution >= 0.6 is 0 Å². The summed E-state index contributed by atoms with van der Waals surface area (Å²) in [5.74, 6) is 0. The quantitative estimate of drug-likeness (QED) is 0.867. The molecule has 0 aliphatic carbocycles. The number of nitrogens with one attached hydrogen (secondary N) is 1. The summed E-state index contributed by atoms with van der Waals surface area (Å²) in [5, 5.41) is 13.2. The first-order chi connectivity index (χ1) is 8.94. The molecule has 104 valence electrons. The van der Waals surface area contributed by atoms with Crippen molar-refractivity contribution in [3.8, 4) is 0 Å². The first-order valence-corrected chi connectivity index (χ1v) is 6.75. The molecule has 2 N–H and O–H groups in total. The van der Waals surface area contributed by atoms with Gasteiger partial charge in [-0.2, -0.15) is 0 Å². The van der Waals surface area contributed by atoms with Gasteiger partial charge in [0, 0.05) is 25.5 Å². The minimum absolute atomic E-state index is 0.157. The highest BCUT2D eigenvalue weighted by atomic mass is 16.3. The van der Waals surface area contributed by atoms with Gasteiger partial charge in [-0.05, 0) is 24.0 Å². The third kappa shape index (κ3) is 4.33. The van der Waals surface area contributed by atoms with Gasteiger partial charge in [0.2, 0.25) is 0 Å². The van der Waals surface area contributed by atoms with Crippen molar-refractivity contribution >= 4 is 5.65 Å². The number of nitrogens with zero attached hydrogens (tertiary/aromatic N) is 2. The van der Waals surface area contributed by atoms with Gasteiger partial charge < -0.3 is 14.8 Å². The maximum Gasteiger partial charge on any atom is 0.137 e. The SMILES string of the molecule is CC(C)(C)C[C@@H](O)CNCc1cn2ccccc2n1. The van der Waals surface area contributed by atoms with E-state index in [-0.39, 0.29) is 11.5 Å². The predicted molar refractivity (Wildman–Crippen MR) is 77.0 cm³/mol. The van der Waals surface area contributed by atoms with E-state index >= 15 is 0 Å².